The van der Waals surface area contributed by atoms with Crippen molar-refractivity contribution in [1.29, 1.82) is 0 Å². The van der Waals surface area contributed by atoms with E-state index in [0.29, 0.717) is 6.42 Å². The van der Waals surface area contributed by atoms with Gasteiger partial charge in [-0.1, -0.05) is 66.2 Å². The monoisotopic (exact) mass is 351 g/mol. The van der Waals surface area contributed by atoms with Gasteiger partial charge in [0.05, 0.1) is 11.5 Å². The van der Waals surface area contributed by atoms with E-state index >= 15 is 0 Å². The van der Waals surface area contributed by atoms with Crippen LogP contribution in [0.5, 0.6) is 0 Å². The number of carbonyl (C=O) groups excluding carboxylic acids is 3. The summed E-state index contributed by atoms with van der Waals surface area (Å²) in [6.07, 6.45) is 9.14. The van der Waals surface area contributed by atoms with E-state index in [1.54, 1.807) is 13.8 Å². The van der Waals surface area contributed by atoms with Crippen molar-refractivity contribution in [3.63, 3.8) is 0 Å². The molecule has 2 amide bonds. The van der Waals surface area contributed by atoms with E-state index < -0.39 is 11.0 Å². The van der Waals surface area contributed by atoms with Crippen LogP contribution >= 0.6 is 0 Å². The lowest BCUT2D eigenvalue weighted by Gasteiger charge is -2.43. The van der Waals surface area contributed by atoms with Crippen molar-refractivity contribution in [1.82, 2.24) is 4.90 Å². The molecule has 1 aliphatic heterocycles. The minimum absolute atomic E-state index is 0.0784. The first-order valence-corrected chi connectivity index (χ1v) is 9.97. The normalized spacial score (nSPS) is 20.2. The summed E-state index contributed by atoms with van der Waals surface area (Å²) in [5.41, 5.74) is -1.58. The lowest BCUT2D eigenvalue weighted by Crippen LogP contribution is -2.57. The van der Waals surface area contributed by atoms with Crippen LogP contribution in [0.1, 0.15) is 92.9 Å². The van der Waals surface area contributed by atoms with Gasteiger partial charge in [0, 0.05) is 11.8 Å². The lowest BCUT2D eigenvalue weighted by molar-refractivity contribution is -0.152. The van der Waals surface area contributed by atoms with Gasteiger partial charge in [0.25, 0.3) is 0 Å². The SMILES string of the molecule is CCCCCCCC(CC)C1CC(=O)N(C(C)(C)C(C)(C)C=O)C1=O. The molecule has 1 rings (SSSR count). The second kappa shape index (κ2) is 8.95. The van der Waals surface area contributed by atoms with Gasteiger partial charge in [0.15, 0.2) is 0 Å². The fourth-order valence-corrected chi connectivity index (χ4v) is 3.74. The third-order valence-electron chi connectivity index (χ3n) is 6.38. The zero-order valence-corrected chi connectivity index (χ0v) is 17.1. The Morgan fingerprint density at radius 2 is 1.68 bits per heavy atom. The predicted molar refractivity (Wildman–Crippen MR) is 101 cm³/mol. The summed E-state index contributed by atoms with van der Waals surface area (Å²) in [6, 6.07) is 0. The molecule has 0 bridgehead atoms. The molecule has 0 aromatic carbocycles. The molecule has 4 heteroatoms. The smallest absolute Gasteiger partial charge is 0.233 e. The summed E-state index contributed by atoms with van der Waals surface area (Å²) >= 11 is 0. The van der Waals surface area contributed by atoms with E-state index in [-0.39, 0.29) is 23.7 Å². The highest BCUT2D eigenvalue weighted by molar-refractivity contribution is 6.04. The van der Waals surface area contributed by atoms with Crippen LogP contribution in [-0.4, -0.2) is 28.5 Å². The molecule has 144 valence electrons. The van der Waals surface area contributed by atoms with Gasteiger partial charge >= 0.3 is 0 Å². The Kier molecular flexibility index (Phi) is 7.83. The van der Waals surface area contributed by atoms with Crippen molar-refractivity contribution in [3.8, 4) is 0 Å². The van der Waals surface area contributed by atoms with E-state index in [9.17, 15) is 14.4 Å². The first kappa shape index (κ1) is 21.9. The molecule has 0 N–H and O–H groups in total. The van der Waals surface area contributed by atoms with Crippen LogP contribution in [0.2, 0.25) is 0 Å². The van der Waals surface area contributed by atoms with Crippen LogP contribution in [0.25, 0.3) is 0 Å². The van der Waals surface area contributed by atoms with Crippen molar-refractivity contribution >= 4 is 18.1 Å². The largest absolute Gasteiger partial charge is 0.303 e. The molecule has 0 aromatic heterocycles. The maximum absolute atomic E-state index is 13.0. The van der Waals surface area contributed by atoms with E-state index in [1.807, 2.05) is 13.8 Å². The summed E-state index contributed by atoms with van der Waals surface area (Å²) in [7, 11) is 0. The van der Waals surface area contributed by atoms with Gasteiger partial charge in [-0.05, 0) is 26.2 Å². The quantitative estimate of drug-likeness (QED) is 0.306. The Labute approximate surface area is 153 Å². The van der Waals surface area contributed by atoms with Crippen molar-refractivity contribution in [3.05, 3.63) is 0 Å². The number of likely N-dealkylation sites (tertiary alicyclic amines) is 1. The predicted octanol–water partition coefficient (Wildman–Crippen LogP) is 4.75. The van der Waals surface area contributed by atoms with Crippen LogP contribution in [0.3, 0.4) is 0 Å². The number of hydrogen-bond donors (Lipinski definition) is 0. The highest BCUT2D eigenvalue weighted by Crippen LogP contribution is 2.41. The minimum Gasteiger partial charge on any atom is -0.303 e. The number of unbranched alkanes of at least 4 members (excludes halogenated alkanes) is 4. The Morgan fingerprint density at radius 1 is 1.08 bits per heavy atom. The van der Waals surface area contributed by atoms with Gasteiger partial charge in [-0.2, -0.15) is 0 Å². The van der Waals surface area contributed by atoms with Gasteiger partial charge in [-0.25, -0.2) is 0 Å². The number of carbonyl (C=O) groups is 3. The van der Waals surface area contributed by atoms with Crippen LogP contribution in [-0.2, 0) is 14.4 Å². The molecule has 1 saturated heterocycles. The first-order chi connectivity index (χ1) is 11.6. The molecule has 1 aliphatic rings. The molecular weight excluding hydrogens is 314 g/mol. The molecule has 1 fully saturated rings. The van der Waals surface area contributed by atoms with Gasteiger partial charge in [-0.3, -0.25) is 14.5 Å². The van der Waals surface area contributed by atoms with Gasteiger partial charge in [-0.15, -0.1) is 0 Å². The standard InChI is InChI=1S/C21H37NO3/c1-7-9-10-11-12-13-16(8-2)17-14-18(24)22(19(17)25)21(5,6)20(3,4)15-23/h15-17H,7-14H2,1-6H3. The zero-order valence-electron chi connectivity index (χ0n) is 17.1. The van der Waals surface area contributed by atoms with Gasteiger partial charge in [0.1, 0.15) is 6.29 Å². The van der Waals surface area contributed by atoms with Crippen LogP contribution in [0.4, 0.5) is 0 Å². The maximum atomic E-state index is 13.0. The highest BCUT2D eigenvalue weighted by Gasteiger charge is 2.53. The number of rotatable bonds is 11. The van der Waals surface area contributed by atoms with E-state index in [1.165, 1.54) is 30.6 Å². The van der Waals surface area contributed by atoms with Crippen LogP contribution in [0, 0.1) is 17.3 Å². The third kappa shape index (κ3) is 4.71. The summed E-state index contributed by atoms with van der Waals surface area (Å²) in [5.74, 6) is -0.159. The fourth-order valence-electron chi connectivity index (χ4n) is 3.74. The molecule has 0 aromatic rings. The molecule has 25 heavy (non-hydrogen) atoms. The van der Waals surface area contributed by atoms with E-state index in [2.05, 4.69) is 13.8 Å². The molecule has 2 unspecified atom stereocenters. The molecule has 1 heterocycles. The van der Waals surface area contributed by atoms with Crippen LogP contribution in [0.15, 0.2) is 0 Å². The fraction of sp³-hybridized carbons (Fsp3) is 0.857. The van der Waals surface area contributed by atoms with Gasteiger partial charge in [0.2, 0.25) is 11.8 Å². The van der Waals surface area contributed by atoms with E-state index in [4.69, 9.17) is 0 Å². The zero-order chi connectivity index (χ0) is 19.3. The third-order valence-corrected chi connectivity index (χ3v) is 6.38. The number of hydrogen-bond acceptors (Lipinski definition) is 3. The summed E-state index contributed by atoms with van der Waals surface area (Å²) in [5, 5.41) is 0. The molecule has 0 radical (unpaired) electrons. The second-order valence-corrected chi connectivity index (χ2v) is 8.65. The lowest BCUT2D eigenvalue weighted by atomic mass is 9.74. The average molecular weight is 352 g/mol. The second-order valence-electron chi connectivity index (χ2n) is 8.65. The van der Waals surface area contributed by atoms with Crippen molar-refractivity contribution in [2.45, 2.75) is 98.4 Å². The van der Waals surface area contributed by atoms with Crippen molar-refractivity contribution in [2.24, 2.45) is 17.3 Å². The molecule has 0 aliphatic carbocycles. The number of nitrogens with zero attached hydrogens (tertiary/aromatic N) is 1. The molecule has 4 nitrogen and oxygen atoms in total. The molecule has 0 spiro atoms. The average Bonchev–Trinajstić information content (AvgIpc) is 2.85. The Hall–Kier alpha value is -1.19. The summed E-state index contributed by atoms with van der Waals surface area (Å²) in [4.78, 5) is 38.6. The topological polar surface area (TPSA) is 54.5 Å². The maximum Gasteiger partial charge on any atom is 0.233 e. The van der Waals surface area contributed by atoms with Gasteiger partial charge < -0.3 is 4.79 Å². The Morgan fingerprint density at radius 3 is 2.20 bits per heavy atom. The Balaban J connectivity index is 2.83. The summed E-state index contributed by atoms with van der Waals surface area (Å²) < 4.78 is 0. The number of aldehydes is 1. The number of amides is 2. The molecular formula is C21H37NO3. The highest BCUT2D eigenvalue weighted by atomic mass is 16.2. The molecule has 2 atom stereocenters. The minimum atomic E-state index is -0.808. The summed E-state index contributed by atoms with van der Waals surface area (Å²) in [6.45, 7) is 11.5. The van der Waals surface area contributed by atoms with Crippen molar-refractivity contribution < 1.29 is 14.4 Å². The first-order valence-electron chi connectivity index (χ1n) is 9.97. The Bertz CT molecular complexity index is 482. The number of imide groups is 1. The van der Waals surface area contributed by atoms with E-state index in [0.717, 1.165) is 25.5 Å². The molecule has 0 saturated carbocycles. The van der Waals surface area contributed by atoms with Crippen molar-refractivity contribution in [2.75, 3.05) is 0 Å². The van der Waals surface area contributed by atoms with Crippen LogP contribution < -0.4 is 0 Å².